The van der Waals surface area contributed by atoms with Crippen molar-refractivity contribution in [1.29, 1.82) is 0 Å². The lowest BCUT2D eigenvalue weighted by molar-refractivity contribution is -0.387. The van der Waals surface area contributed by atoms with Crippen LogP contribution in [-0.4, -0.2) is 114 Å². The second-order valence-electron chi connectivity index (χ2n) is 17.0. The smallest absolute Gasteiger partial charge is 0.408 e. The van der Waals surface area contributed by atoms with Gasteiger partial charge in [0, 0.05) is 37.2 Å². The van der Waals surface area contributed by atoms with Gasteiger partial charge in [0.25, 0.3) is 11.6 Å². The second kappa shape index (κ2) is 16.8. The number of nitro benzene ring substituents is 1. The van der Waals surface area contributed by atoms with Crippen LogP contribution in [0, 0.1) is 16.0 Å². The summed E-state index contributed by atoms with van der Waals surface area (Å²) >= 11 is 0. The van der Waals surface area contributed by atoms with Gasteiger partial charge < -0.3 is 25.0 Å². The summed E-state index contributed by atoms with van der Waals surface area (Å²) in [6.45, 7) is 3.57. The van der Waals surface area contributed by atoms with E-state index >= 15 is 0 Å². The largest absolute Gasteiger partial charge is 0.472 e. The average molecular weight is 884 g/mol. The van der Waals surface area contributed by atoms with Gasteiger partial charge in [-0.05, 0) is 82.4 Å². The van der Waals surface area contributed by atoms with Crippen molar-refractivity contribution in [2.75, 3.05) is 19.6 Å². The van der Waals surface area contributed by atoms with Crippen LogP contribution in [0.15, 0.2) is 65.7 Å². The average Bonchev–Trinajstić information content (AvgIpc) is 4.12. The minimum Gasteiger partial charge on any atom is -0.472 e. The minimum atomic E-state index is -4.72. The van der Waals surface area contributed by atoms with Gasteiger partial charge in [0.15, 0.2) is 4.90 Å². The summed E-state index contributed by atoms with van der Waals surface area (Å²) in [4.78, 5) is 73.0. The molecule has 4 fully saturated rings. The Labute approximate surface area is 353 Å². The molecule has 1 aromatic heterocycles. The zero-order valence-electron chi connectivity index (χ0n) is 33.9. The number of alkyl carbamates (subject to hydrolysis) is 1. The van der Waals surface area contributed by atoms with Crippen molar-refractivity contribution in [3.8, 4) is 5.88 Å². The lowest BCUT2D eigenvalue weighted by atomic mass is 10.1. The van der Waals surface area contributed by atoms with Crippen molar-refractivity contribution in [1.82, 2.24) is 29.5 Å². The molecule has 19 nitrogen and oxygen atoms in total. The first-order chi connectivity index (χ1) is 28.8. The van der Waals surface area contributed by atoms with Crippen LogP contribution < -0.4 is 20.1 Å². The summed E-state index contributed by atoms with van der Waals surface area (Å²) in [6.07, 6.45) is 1.75. The number of sulfonamides is 2. The van der Waals surface area contributed by atoms with Gasteiger partial charge >= 0.3 is 6.09 Å². The third kappa shape index (κ3) is 9.57. The summed E-state index contributed by atoms with van der Waals surface area (Å²) < 4.78 is 69.7. The zero-order valence-corrected chi connectivity index (χ0v) is 35.6. The summed E-state index contributed by atoms with van der Waals surface area (Å²) in [6, 6.07) is 10.8. The fourth-order valence-corrected chi connectivity index (χ4v) is 11.1. The van der Waals surface area contributed by atoms with Crippen LogP contribution in [0.5, 0.6) is 5.88 Å². The number of rotatable bonds is 9. The van der Waals surface area contributed by atoms with Gasteiger partial charge in [-0.15, -0.1) is 0 Å². The monoisotopic (exact) mass is 883 g/mol. The molecule has 0 radical (unpaired) electrons. The lowest BCUT2D eigenvalue weighted by Crippen LogP contribution is -2.60. The van der Waals surface area contributed by atoms with Gasteiger partial charge in [-0.1, -0.05) is 43.2 Å². The topological polar surface area (TPSA) is 254 Å². The quantitative estimate of drug-likeness (QED) is 0.207. The SMILES string of the molecule is CC(C)(C)OC(=O)N[C@H]1CN(S(=O)(=O)c2ccccc2[N+](=O)[O-])CCCCC[C@@H]2C[C@@]2(C(=O)NS(=O)(=O)C2CC2)NC(=O)[C@@H]2C[C@@H](Oc3nccc4ccccc34)CN2C1=O. The van der Waals surface area contributed by atoms with E-state index in [1.54, 1.807) is 45.2 Å². The highest BCUT2D eigenvalue weighted by Gasteiger charge is 2.62. The molecule has 2 aliphatic heterocycles. The van der Waals surface area contributed by atoms with E-state index in [1.807, 2.05) is 12.1 Å². The molecule has 0 spiro atoms. The molecule has 21 heteroatoms. The first kappa shape index (κ1) is 43.7. The van der Waals surface area contributed by atoms with Crippen LogP contribution in [0.4, 0.5) is 10.5 Å². The van der Waals surface area contributed by atoms with Crippen LogP contribution in [0.2, 0.25) is 0 Å². The maximum Gasteiger partial charge on any atom is 0.408 e. The number of nitrogens with zero attached hydrogens (tertiary/aromatic N) is 4. The molecule has 5 atom stereocenters. The van der Waals surface area contributed by atoms with E-state index < -0.39 is 106 Å². The highest BCUT2D eigenvalue weighted by atomic mass is 32.2. The predicted octanol–water partition coefficient (Wildman–Crippen LogP) is 3.13. The number of amides is 4. The molecule has 0 bridgehead atoms. The molecule has 2 saturated carbocycles. The molecule has 3 aromatic rings. The Morgan fingerprint density at radius 1 is 0.967 bits per heavy atom. The molecule has 3 heterocycles. The molecule has 328 valence electrons. The number of para-hydroxylation sites is 1. The lowest BCUT2D eigenvalue weighted by Gasteiger charge is -2.32. The summed E-state index contributed by atoms with van der Waals surface area (Å²) in [5.74, 6) is -2.85. The van der Waals surface area contributed by atoms with Crippen molar-refractivity contribution in [3.63, 3.8) is 0 Å². The van der Waals surface area contributed by atoms with Crippen molar-refractivity contribution in [2.24, 2.45) is 5.92 Å². The van der Waals surface area contributed by atoms with Crippen molar-refractivity contribution in [2.45, 2.75) is 112 Å². The van der Waals surface area contributed by atoms with Crippen molar-refractivity contribution >= 4 is 60.3 Å². The van der Waals surface area contributed by atoms with E-state index in [4.69, 9.17) is 9.47 Å². The molecule has 0 unspecified atom stereocenters. The fraction of sp³-hybridized carbons (Fsp3) is 0.525. The van der Waals surface area contributed by atoms with Crippen molar-refractivity contribution in [3.05, 3.63) is 70.9 Å². The highest BCUT2D eigenvalue weighted by Crippen LogP contribution is 2.48. The summed E-state index contributed by atoms with van der Waals surface area (Å²) in [5.41, 5.74) is -3.35. The van der Waals surface area contributed by atoms with Gasteiger partial charge in [0.1, 0.15) is 29.3 Å². The van der Waals surface area contributed by atoms with E-state index in [-0.39, 0.29) is 38.2 Å². The van der Waals surface area contributed by atoms with E-state index in [9.17, 15) is 46.1 Å². The van der Waals surface area contributed by atoms with E-state index in [0.717, 1.165) is 26.7 Å². The molecule has 4 amide bonds. The van der Waals surface area contributed by atoms with Crippen LogP contribution in [0.1, 0.15) is 72.1 Å². The van der Waals surface area contributed by atoms with Gasteiger partial charge in [-0.2, -0.15) is 4.31 Å². The predicted molar refractivity (Wildman–Crippen MR) is 219 cm³/mol. The summed E-state index contributed by atoms with van der Waals surface area (Å²) in [7, 11) is -8.72. The van der Waals surface area contributed by atoms with Gasteiger partial charge in [-0.3, -0.25) is 29.2 Å². The van der Waals surface area contributed by atoms with Crippen LogP contribution in [0.25, 0.3) is 10.8 Å². The number of benzene rings is 2. The standard InChI is InChI=1S/C40H49N7O12S2/c1-39(2,3)59-38(51)42-30-24-45(61(56,57)33-15-9-8-14-31(33)47(52)53)20-10-4-5-12-26-22-40(26,37(50)44-60(54,55)28-16-17-28)43-34(48)32-21-27(23-46(32)36(30)49)58-35-29-13-7-6-11-25(29)18-19-41-35/h6-9,11,13-15,18-19,26-28,30,32H,4-5,10,12,16-17,20-24H2,1-3H3,(H,42,51)(H,43,48)(H,44,50)/t26-,27-,30+,32+,40-/m1/s1. The molecule has 61 heavy (non-hydrogen) atoms. The van der Waals surface area contributed by atoms with Gasteiger partial charge in [0.05, 0.1) is 16.7 Å². The molecule has 2 aromatic carbocycles. The Hall–Kier alpha value is -5.41. The Morgan fingerprint density at radius 2 is 1.69 bits per heavy atom. The molecule has 4 aliphatic rings. The molecule has 3 N–H and O–H groups in total. The number of carbonyl (C=O) groups excluding carboxylic acids is 4. The molecule has 2 saturated heterocycles. The molecule has 2 aliphatic carbocycles. The number of nitro groups is 1. The number of fused-ring (bicyclic) bond motifs is 3. The van der Waals surface area contributed by atoms with Crippen LogP contribution in [0.3, 0.4) is 0 Å². The number of aromatic nitrogens is 1. The van der Waals surface area contributed by atoms with E-state index in [2.05, 4.69) is 20.3 Å². The summed E-state index contributed by atoms with van der Waals surface area (Å²) in [5, 5.41) is 18.1. The minimum absolute atomic E-state index is 0.117. The normalized spacial score (nSPS) is 25.5. The number of carbonyl (C=O) groups is 4. The van der Waals surface area contributed by atoms with Gasteiger partial charge in [-0.25, -0.2) is 26.6 Å². The maximum absolute atomic E-state index is 15.0. The number of hydrogen-bond acceptors (Lipinski definition) is 13. The third-order valence-corrected chi connectivity index (χ3v) is 15.1. The molecule has 7 rings (SSSR count). The Balaban J connectivity index is 1.28. The number of nitrogens with one attached hydrogen (secondary N) is 3. The first-order valence-electron chi connectivity index (χ1n) is 20.2. The van der Waals surface area contributed by atoms with E-state index in [1.165, 1.54) is 12.1 Å². The fourth-order valence-electron chi connectivity index (χ4n) is 8.04. The number of hydrogen-bond donors (Lipinski definition) is 3. The van der Waals surface area contributed by atoms with Crippen molar-refractivity contribution < 1.29 is 50.4 Å². The molecular weight excluding hydrogens is 835 g/mol. The second-order valence-corrected chi connectivity index (χ2v) is 20.9. The van der Waals surface area contributed by atoms with Gasteiger partial charge in [0.2, 0.25) is 37.7 Å². The maximum atomic E-state index is 15.0. The first-order valence-corrected chi connectivity index (χ1v) is 23.2. The number of pyridine rings is 1. The Bertz CT molecular complexity index is 2450. The van der Waals surface area contributed by atoms with Crippen LogP contribution >= 0.6 is 0 Å². The van der Waals surface area contributed by atoms with E-state index in [0.29, 0.717) is 37.5 Å². The number of ether oxygens (including phenoxy) is 2. The van der Waals surface area contributed by atoms with Crippen LogP contribution in [-0.2, 0) is 39.2 Å². The highest BCUT2D eigenvalue weighted by molar-refractivity contribution is 7.91. The molecular formula is C40H49N7O12S2. The zero-order chi connectivity index (χ0) is 43.9. The Morgan fingerprint density at radius 3 is 2.41 bits per heavy atom. The Kier molecular flexibility index (Phi) is 12.0. The third-order valence-electron chi connectivity index (χ3n) is 11.3.